The van der Waals surface area contributed by atoms with Crippen molar-refractivity contribution in [2.24, 2.45) is 0 Å². The van der Waals surface area contributed by atoms with Gasteiger partial charge in [-0.05, 0) is 34.7 Å². The fraction of sp³-hybridized carbons (Fsp3) is 0.353. The van der Waals surface area contributed by atoms with Gasteiger partial charge >= 0.3 is 0 Å². The SMILES string of the molecule is c1ccc(N2CCN(Cc3nnnn3Cc3ccco3)CC2)cc1. The van der Waals surface area contributed by atoms with E-state index in [-0.39, 0.29) is 0 Å². The Morgan fingerprint density at radius 2 is 1.75 bits per heavy atom. The van der Waals surface area contributed by atoms with Gasteiger partial charge in [0.15, 0.2) is 5.82 Å². The number of aromatic nitrogens is 4. The monoisotopic (exact) mass is 324 g/mol. The zero-order valence-corrected chi connectivity index (χ0v) is 13.5. The molecule has 0 saturated carbocycles. The molecule has 0 amide bonds. The van der Waals surface area contributed by atoms with Crippen molar-refractivity contribution in [1.29, 1.82) is 0 Å². The summed E-state index contributed by atoms with van der Waals surface area (Å²) in [6, 6.07) is 14.4. The molecule has 0 aliphatic carbocycles. The van der Waals surface area contributed by atoms with E-state index in [9.17, 15) is 0 Å². The van der Waals surface area contributed by atoms with E-state index >= 15 is 0 Å². The molecule has 124 valence electrons. The predicted molar refractivity (Wildman–Crippen MR) is 89.6 cm³/mol. The molecule has 1 aromatic carbocycles. The summed E-state index contributed by atoms with van der Waals surface area (Å²) in [7, 11) is 0. The molecule has 1 aliphatic rings. The molecule has 0 radical (unpaired) electrons. The standard InChI is InChI=1S/C17H20N6O/c1-2-5-15(6-3-1)22-10-8-21(9-11-22)14-17-18-19-20-23(17)13-16-7-4-12-24-16/h1-7,12H,8-11,13-14H2. The second kappa shape index (κ2) is 6.84. The molecular formula is C17H20N6O. The number of anilines is 1. The lowest BCUT2D eigenvalue weighted by Gasteiger charge is -2.35. The van der Waals surface area contributed by atoms with E-state index in [1.54, 1.807) is 6.26 Å². The molecule has 0 atom stereocenters. The van der Waals surface area contributed by atoms with Crippen LogP contribution in [0.25, 0.3) is 0 Å². The van der Waals surface area contributed by atoms with Gasteiger partial charge in [0.05, 0.1) is 12.8 Å². The summed E-state index contributed by atoms with van der Waals surface area (Å²) in [4.78, 5) is 4.81. The number of para-hydroxylation sites is 1. The minimum Gasteiger partial charge on any atom is -0.467 e. The number of tetrazole rings is 1. The number of rotatable bonds is 5. The highest BCUT2D eigenvalue weighted by molar-refractivity contribution is 5.46. The van der Waals surface area contributed by atoms with Crippen LogP contribution in [-0.4, -0.2) is 51.3 Å². The highest BCUT2D eigenvalue weighted by atomic mass is 16.3. The topological polar surface area (TPSA) is 63.2 Å². The number of hydrogen-bond acceptors (Lipinski definition) is 6. The zero-order chi connectivity index (χ0) is 16.2. The summed E-state index contributed by atoms with van der Waals surface area (Å²) in [5.41, 5.74) is 1.29. The lowest BCUT2D eigenvalue weighted by Crippen LogP contribution is -2.46. The number of nitrogens with zero attached hydrogens (tertiary/aromatic N) is 6. The van der Waals surface area contributed by atoms with Crippen molar-refractivity contribution in [2.45, 2.75) is 13.1 Å². The van der Waals surface area contributed by atoms with Crippen molar-refractivity contribution >= 4 is 5.69 Å². The average molecular weight is 324 g/mol. The van der Waals surface area contributed by atoms with Crippen molar-refractivity contribution in [3.05, 3.63) is 60.3 Å². The summed E-state index contributed by atoms with van der Waals surface area (Å²) in [5, 5.41) is 12.1. The Bertz CT molecular complexity index is 747. The van der Waals surface area contributed by atoms with Crippen molar-refractivity contribution in [3.8, 4) is 0 Å². The Morgan fingerprint density at radius 1 is 0.917 bits per heavy atom. The fourth-order valence-corrected chi connectivity index (χ4v) is 3.01. The van der Waals surface area contributed by atoms with Crippen LogP contribution >= 0.6 is 0 Å². The molecule has 0 bridgehead atoms. The van der Waals surface area contributed by atoms with E-state index < -0.39 is 0 Å². The van der Waals surface area contributed by atoms with Crippen LogP contribution in [0.5, 0.6) is 0 Å². The van der Waals surface area contributed by atoms with Gasteiger partial charge in [0.25, 0.3) is 0 Å². The highest BCUT2D eigenvalue weighted by Crippen LogP contribution is 2.16. The van der Waals surface area contributed by atoms with E-state index in [0.29, 0.717) is 6.54 Å². The van der Waals surface area contributed by atoms with E-state index in [2.05, 4.69) is 55.7 Å². The zero-order valence-electron chi connectivity index (χ0n) is 13.5. The van der Waals surface area contributed by atoms with Gasteiger partial charge < -0.3 is 9.32 Å². The highest BCUT2D eigenvalue weighted by Gasteiger charge is 2.19. The van der Waals surface area contributed by atoms with Gasteiger partial charge in [-0.15, -0.1) is 5.10 Å². The van der Waals surface area contributed by atoms with Gasteiger partial charge in [0, 0.05) is 31.9 Å². The molecule has 1 aliphatic heterocycles. The average Bonchev–Trinajstić information content (AvgIpc) is 3.29. The molecule has 3 aromatic rings. The molecule has 0 spiro atoms. The summed E-state index contributed by atoms with van der Waals surface area (Å²) in [6.07, 6.45) is 1.67. The van der Waals surface area contributed by atoms with Crippen LogP contribution in [0.15, 0.2) is 53.1 Å². The van der Waals surface area contributed by atoms with Gasteiger partial charge in [-0.3, -0.25) is 4.90 Å². The second-order valence-corrected chi connectivity index (χ2v) is 5.93. The van der Waals surface area contributed by atoms with E-state index in [1.807, 2.05) is 16.8 Å². The van der Waals surface area contributed by atoms with Crippen LogP contribution in [0.1, 0.15) is 11.6 Å². The summed E-state index contributed by atoms with van der Waals surface area (Å²) in [6.45, 7) is 5.37. The predicted octanol–water partition coefficient (Wildman–Crippen LogP) is 1.64. The summed E-state index contributed by atoms with van der Waals surface area (Å²) >= 11 is 0. The molecule has 4 rings (SSSR count). The van der Waals surface area contributed by atoms with Crippen molar-refractivity contribution in [2.75, 3.05) is 31.1 Å². The quantitative estimate of drug-likeness (QED) is 0.711. The third-order valence-corrected chi connectivity index (χ3v) is 4.35. The number of piperazine rings is 1. The molecule has 1 saturated heterocycles. The third-order valence-electron chi connectivity index (χ3n) is 4.35. The third kappa shape index (κ3) is 3.30. The van der Waals surface area contributed by atoms with Crippen molar-refractivity contribution < 1.29 is 4.42 Å². The van der Waals surface area contributed by atoms with Crippen LogP contribution in [0.4, 0.5) is 5.69 Å². The van der Waals surface area contributed by atoms with E-state index in [1.165, 1.54) is 5.69 Å². The number of furan rings is 1. The number of hydrogen-bond donors (Lipinski definition) is 0. The van der Waals surface area contributed by atoms with Gasteiger partial charge in [-0.25, -0.2) is 4.68 Å². The van der Waals surface area contributed by atoms with Gasteiger partial charge in [-0.2, -0.15) is 0 Å². The van der Waals surface area contributed by atoms with E-state index in [0.717, 1.165) is 44.3 Å². The largest absolute Gasteiger partial charge is 0.467 e. The Balaban J connectivity index is 1.35. The summed E-state index contributed by atoms with van der Waals surface area (Å²) in [5.74, 6) is 1.73. The smallest absolute Gasteiger partial charge is 0.165 e. The first-order valence-corrected chi connectivity index (χ1v) is 8.18. The van der Waals surface area contributed by atoms with Crippen LogP contribution in [0.3, 0.4) is 0 Å². The Labute approximate surface area is 140 Å². The summed E-state index contributed by atoms with van der Waals surface area (Å²) < 4.78 is 7.19. The first kappa shape index (κ1) is 14.9. The fourth-order valence-electron chi connectivity index (χ4n) is 3.01. The Morgan fingerprint density at radius 3 is 2.50 bits per heavy atom. The van der Waals surface area contributed by atoms with E-state index in [4.69, 9.17) is 4.42 Å². The molecule has 1 fully saturated rings. The molecule has 0 N–H and O–H groups in total. The minimum atomic E-state index is 0.569. The van der Waals surface area contributed by atoms with Gasteiger partial charge in [0.1, 0.15) is 12.3 Å². The Hall–Kier alpha value is -2.67. The van der Waals surface area contributed by atoms with Crippen LogP contribution in [0, 0.1) is 0 Å². The molecular weight excluding hydrogens is 304 g/mol. The number of benzene rings is 1. The van der Waals surface area contributed by atoms with Crippen LogP contribution in [0.2, 0.25) is 0 Å². The Kier molecular flexibility index (Phi) is 4.24. The first-order valence-electron chi connectivity index (χ1n) is 8.18. The molecule has 2 aromatic heterocycles. The normalized spacial score (nSPS) is 15.8. The molecule has 24 heavy (non-hydrogen) atoms. The lowest BCUT2D eigenvalue weighted by atomic mass is 10.2. The van der Waals surface area contributed by atoms with Crippen molar-refractivity contribution in [3.63, 3.8) is 0 Å². The molecule has 3 heterocycles. The molecule has 7 heteroatoms. The maximum atomic E-state index is 5.38. The van der Waals surface area contributed by atoms with Crippen molar-refractivity contribution in [1.82, 2.24) is 25.1 Å². The van der Waals surface area contributed by atoms with Crippen LogP contribution in [-0.2, 0) is 13.1 Å². The minimum absolute atomic E-state index is 0.569. The molecule has 7 nitrogen and oxygen atoms in total. The molecule has 0 unspecified atom stereocenters. The maximum Gasteiger partial charge on any atom is 0.165 e. The maximum absolute atomic E-state index is 5.38. The van der Waals surface area contributed by atoms with Gasteiger partial charge in [0.2, 0.25) is 0 Å². The lowest BCUT2D eigenvalue weighted by molar-refractivity contribution is 0.239. The first-order chi connectivity index (χ1) is 11.9. The second-order valence-electron chi connectivity index (χ2n) is 5.93. The van der Waals surface area contributed by atoms with Gasteiger partial charge in [-0.1, -0.05) is 18.2 Å². The van der Waals surface area contributed by atoms with Crippen LogP contribution < -0.4 is 4.90 Å².